The predicted octanol–water partition coefficient (Wildman–Crippen LogP) is 3.77. The van der Waals surface area contributed by atoms with Gasteiger partial charge in [-0.2, -0.15) is 15.8 Å². The zero-order chi connectivity index (χ0) is 28.2. The minimum atomic E-state index is -1.93. The summed E-state index contributed by atoms with van der Waals surface area (Å²) in [6.07, 6.45) is 1.16. The number of carbonyl (C=O) groups excluding carboxylic acids is 1. The van der Waals surface area contributed by atoms with Gasteiger partial charge in [0.15, 0.2) is 16.9 Å². The van der Waals surface area contributed by atoms with E-state index in [2.05, 4.69) is 18.2 Å². The third kappa shape index (κ3) is 4.56. The van der Waals surface area contributed by atoms with Gasteiger partial charge < -0.3 is 29.6 Å². The highest BCUT2D eigenvalue weighted by Gasteiger charge is 2.55. The third-order valence-electron chi connectivity index (χ3n) is 7.20. The van der Waals surface area contributed by atoms with Gasteiger partial charge in [-0.05, 0) is 17.2 Å². The number of fused-ring (bicyclic) bond motifs is 1. The monoisotopic (exact) mass is 525 g/mol. The molecule has 0 fully saturated rings. The van der Waals surface area contributed by atoms with E-state index in [0.717, 1.165) is 5.56 Å². The Bertz CT molecular complexity index is 1450. The Kier molecular flexibility index (Phi) is 7.65. The van der Waals surface area contributed by atoms with E-state index in [1.165, 1.54) is 26.2 Å². The van der Waals surface area contributed by atoms with Crippen LogP contribution in [-0.2, 0) is 11.3 Å². The van der Waals surface area contributed by atoms with E-state index >= 15 is 0 Å². The second-order valence-electron chi connectivity index (χ2n) is 9.07. The number of benzene rings is 2. The number of hydrogen-bond donors (Lipinski definition) is 1. The molecule has 2 aromatic carbocycles. The Hall–Kier alpha value is -5.14. The van der Waals surface area contributed by atoms with Gasteiger partial charge in [0.1, 0.15) is 18.4 Å². The summed E-state index contributed by atoms with van der Waals surface area (Å²) in [6.45, 7) is 0.325. The van der Waals surface area contributed by atoms with Gasteiger partial charge in [0.25, 0.3) is 0 Å². The largest absolute Gasteiger partial charge is 0.496 e. The molecule has 1 aliphatic carbocycles. The SMILES string of the molecule is COc1cc(OC)c(C2C3CN(C(=O)OCc4ccccc4)CC=C3C(C#N)=C(N)C2(C#N)C#N)cc1OC. The molecule has 0 radical (unpaired) electrons. The van der Waals surface area contributed by atoms with Gasteiger partial charge in [-0.3, -0.25) is 0 Å². The molecule has 0 saturated heterocycles. The maximum Gasteiger partial charge on any atom is 0.410 e. The minimum Gasteiger partial charge on any atom is -0.496 e. The molecule has 2 N–H and O–H groups in total. The maximum atomic E-state index is 13.1. The number of carbonyl (C=O) groups is 1. The van der Waals surface area contributed by atoms with E-state index < -0.39 is 23.3 Å². The van der Waals surface area contributed by atoms with Gasteiger partial charge in [-0.25, -0.2) is 4.79 Å². The molecule has 2 aliphatic rings. The fourth-order valence-corrected chi connectivity index (χ4v) is 5.28. The van der Waals surface area contributed by atoms with Crippen molar-refractivity contribution in [2.75, 3.05) is 34.4 Å². The zero-order valence-corrected chi connectivity index (χ0v) is 21.8. The Balaban J connectivity index is 1.83. The smallest absolute Gasteiger partial charge is 0.410 e. The molecule has 198 valence electrons. The number of nitrogens with zero attached hydrogens (tertiary/aromatic N) is 4. The van der Waals surface area contributed by atoms with Crippen LogP contribution in [0, 0.1) is 45.3 Å². The lowest BCUT2D eigenvalue weighted by atomic mass is 9.58. The van der Waals surface area contributed by atoms with Gasteiger partial charge >= 0.3 is 6.09 Å². The number of hydrogen-bond acceptors (Lipinski definition) is 9. The summed E-state index contributed by atoms with van der Waals surface area (Å²) in [5.74, 6) is -0.497. The highest BCUT2D eigenvalue weighted by atomic mass is 16.6. The molecule has 1 aliphatic heterocycles. The molecule has 0 saturated carbocycles. The summed E-state index contributed by atoms with van der Waals surface area (Å²) in [7, 11) is 4.40. The van der Waals surface area contributed by atoms with Crippen LogP contribution in [0.2, 0.25) is 0 Å². The molecule has 1 heterocycles. The molecule has 4 rings (SSSR count). The standard InChI is InChI=1S/C29H27N5O5/c1-36-23-12-25(38-3)24(37-2)11-20(23)26-22-14-34(28(35)39-15-18-7-5-4-6-8-18)10-9-19(22)21(13-30)27(33)29(26,16-31)17-32/h4-9,11-12,22,26H,10,14-15,33H2,1-3H3. The Morgan fingerprint density at radius 1 is 1.03 bits per heavy atom. The van der Waals surface area contributed by atoms with E-state index in [-0.39, 0.29) is 31.0 Å². The number of amides is 1. The molecule has 2 unspecified atom stereocenters. The summed E-state index contributed by atoms with van der Waals surface area (Å²) in [6, 6.07) is 18.8. The van der Waals surface area contributed by atoms with Gasteiger partial charge in [0.05, 0.1) is 44.7 Å². The van der Waals surface area contributed by atoms with E-state index in [1.54, 1.807) is 18.2 Å². The summed E-state index contributed by atoms with van der Waals surface area (Å²) >= 11 is 0. The van der Waals surface area contributed by atoms with Crippen LogP contribution >= 0.6 is 0 Å². The third-order valence-corrected chi connectivity index (χ3v) is 7.20. The van der Waals surface area contributed by atoms with Crippen molar-refractivity contribution in [2.24, 2.45) is 17.1 Å². The van der Waals surface area contributed by atoms with Gasteiger partial charge in [0.2, 0.25) is 0 Å². The molecule has 0 aromatic heterocycles. The second kappa shape index (κ2) is 11.1. The van der Waals surface area contributed by atoms with Crippen molar-refractivity contribution in [3.63, 3.8) is 0 Å². The number of rotatable bonds is 6. The summed E-state index contributed by atoms with van der Waals surface area (Å²) < 4.78 is 22.1. The van der Waals surface area contributed by atoms with Gasteiger partial charge in [-0.1, -0.05) is 36.4 Å². The lowest BCUT2D eigenvalue weighted by Gasteiger charge is -2.45. The highest BCUT2D eigenvalue weighted by Crippen LogP contribution is 2.56. The fraction of sp³-hybridized carbons (Fsp3) is 0.310. The van der Waals surface area contributed by atoms with Crippen molar-refractivity contribution >= 4 is 6.09 Å². The maximum absolute atomic E-state index is 13.1. The molecule has 0 bridgehead atoms. The zero-order valence-electron chi connectivity index (χ0n) is 21.8. The van der Waals surface area contributed by atoms with E-state index in [0.29, 0.717) is 28.4 Å². The molecule has 39 heavy (non-hydrogen) atoms. The molecule has 1 amide bonds. The fourth-order valence-electron chi connectivity index (χ4n) is 5.28. The molecular weight excluding hydrogens is 498 g/mol. The van der Waals surface area contributed by atoms with Crippen LogP contribution < -0.4 is 19.9 Å². The summed E-state index contributed by atoms with van der Waals surface area (Å²) in [4.78, 5) is 14.6. The average Bonchev–Trinajstić information content (AvgIpc) is 2.99. The Labute approximate surface area is 226 Å². The first kappa shape index (κ1) is 26.9. The van der Waals surface area contributed by atoms with E-state index in [9.17, 15) is 20.6 Å². The van der Waals surface area contributed by atoms with Crippen LogP contribution in [0.4, 0.5) is 4.79 Å². The lowest BCUT2D eigenvalue weighted by Crippen LogP contribution is -2.49. The van der Waals surface area contributed by atoms with Crippen LogP contribution in [0.5, 0.6) is 17.2 Å². The first-order valence-corrected chi connectivity index (χ1v) is 12.1. The topological polar surface area (TPSA) is 155 Å². The van der Waals surface area contributed by atoms with E-state index in [4.69, 9.17) is 24.7 Å². The molecule has 10 nitrogen and oxygen atoms in total. The summed E-state index contributed by atoms with van der Waals surface area (Å²) in [5.41, 5.74) is 6.26. The predicted molar refractivity (Wildman–Crippen MR) is 139 cm³/mol. The van der Waals surface area contributed by atoms with Crippen molar-refractivity contribution in [3.05, 3.63) is 76.5 Å². The van der Waals surface area contributed by atoms with Crippen molar-refractivity contribution < 1.29 is 23.7 Å². The van der Waals surface area contributed by atoms with E-state index in [1.807, 2.05) is 30.3 Å². The van der Waals surface area contributed by atoms with Crippen molar-refractivity contribution in [1.29, 1.82) is 15.8 Å². The highest BCUT2D eigenvalue weighted by molar-refractivity contribution is 5.70. The second-order valence-corrected chi connectivity index (χ2v) is 9.07. The number of ether oxygens (including phenoxy) is 4. The molecule has 0 spiro atoms. The number of nitrogens with two attached hydrogens (primary N) is 1. The molecule has 10 heteroatoms. The molecule has 2 aromatic rings. The van der Waals surface area contributed by atoms with Crippen LogP contribution in [0.25, 0.3) is 0 Å². The van der Waals surface area contributed by atoms with Crippen LogP contribution in [0.15, 0.2) is 65.4 Å². The number of allylic oxidation sites excluding steroid dienone is 2. The Morgan fingerprint density at radius 2 is 1.67 bits per heavy atom. The number of nitriles is 3. The number of methoxy groups -OCH3 is 3. The van der Waals surface area contributed by atoms with Crippen molar-refractivity contribution in [2.45, 2.75) is 12.5 Å². The summed E-state index contributed by atoms with van der Waals surface area (Å²) in [5, 5.41) is 30.8. The molecular formula is C29H27N5O5. The first-order chi connectivity index (χ1) is 18.9. The average molecular weight is 526 g/mol. The molecule has 2 atom stereocenters. The minimum absolute atomic E-state index is 0.0658. The normalized spacial score (nSPS) is 19.4. The van der Waals surface area contributed by atoms with Crippen molar-refractivity contribution in [1.82, 2.24) is 4.90 Å². The van der Waals surface area contributed by atoms with Crippen molar-refractivity contribution in [3.8, 4) is 35.5 Å². The van der Waals surface area contributed by atoms with Crippen LogP contribution in [-0.4, -0.2) is 45.4 Å². The van der Waals surface area contributed by atoms with Crippen LogP contribution in [0.1, 0.15) is 17.0 Å². The quantitative estimate of drug-likeness (QED) is 0.593. The lowest BCUT2D eigenvalue weighted by molar-refractivity contribution is 0.0897. The first-order valence-electron chi connectivity index (χ1n) is 12.1. The van der Waals surface area contributed by atoms with Gasteiger partial charge in [0, 0.05) is 36.6 Å². The van der Waals surface area contributed by atoms with Gasteiger partial charge in [-0.15, -0.1) is 0 Å². The van der Waals surface area contributed by atoms with Crippen LogP contribution in [0.3, 0.4) is 0 Å². The Morgan fingerprint density at radius 3 is 2.26 bits per heavy atom.